The van der Waals surface area contributed by atoms with Gasteiger partial charge in [-0.25, -0.2) is 4.39 Å². The Morgan fingerprint density at radius 1 is 1.47 bits per heavy atom. The van der Waals surface area contributed by atoms with Crippen LogP contribution in [0.4, 0.5) is 4.39 Å². The molecule has 1 aromatic heterocycles. The minimum Gasteiger partial charge on any atom is -0.393 e. The van der Waals surface area contributed by atoms with Crippen molar-refractivity contribution in [2.45, 2.75) is 25.9 Å². The molecule has 0 aliphatic heterocycles. The summed E-state index contributed by atoms with van der Waals surface area (Å²) in [7, 11) is 0. The van der Waals surface area contributed by atoms with Crippen LogP contribution in [0.15, 0.2) is 24.3 Å². The number of hydrogen-bond acceptors (Lipinski definition) is 3. The van der Waals surface area contributed by atoms with Gasteiger partial charge >= 0.3 is 0 Å². The first kappa shape index (κ1) is 14.0. The van der Waals surface area contributed by atoms with Crippen molar-refractivity contribution in [3.05, 3.63) is 35.0 Å². The second kappa shape index (κ2) is 6.12. The quantitative estimate of drug-likeness (QED) is 0.828. The molecule has 3 nitrogen and oxygen atoms in total. The number of amides is 1. The predicted octanol–water partition coefficient (Wildman–Crippen LogP) is 2.93. The molecule has 1 heterocycles. The zero-order valence-electron chi connectivity index (χ0n) is 10.6. The maximum absolute atomic E-state index is 13.1. The van der Waals surface area contributed by atoms with Crippen LogP contribution >= 0.6 is 11.3 Å². The Labute approximate surface area is 115 Å². The first-order valence-electron chi connectivity index (χ1n) is 6.21. The molecule has 0 saturated carbocycles. The molecular weight excluding hydrogens is 265 g/mol. The van der Waals surface area contributed by atoms with Crippen LogP contribution in [-0.2, 0) is 0 Å². The Balaban J connectivity index is 1.97. The second-order valence-corrected chi connectivity index (χ2v) is 5.62. The summed E-state index contributed by atoms with van der Waals surface area (Å²) >= 11 is 1.28. The van der Waals surface area contributed by atoms with E-state index in [1.54, 1.807) is 19.1 Å². The summed E-state index contributed by atoms with van der Waals surface area (Å²) in [5, 5.41) is 12.8. The number of nitrogens with one attached hydrogen (secondary N) is 1. The Bertz CT molecular complexity index is 580. The van der Waals surface area contributed by atoms with Crippen molar-refractivity contribution >= 4 is 27.3 Å². The summed E-state index contributed by atoms with van der Waals surface area (Å²) in [5.74, 6) is -0.439. The van der Waals surface area contributed by atoms with Crippen LogP contribution in [0.1, 0.15) is 29.4 Å². The van der Waals surface area contributed by atoms with Crippen molar-refractivity contribution in [1.82, 2.24) is 5.32 Å². The van der Waals surface area contributed by atoms with Gasteiger partial charge in [-0.3, -0.25) is 4.79 Å². The summed E-state index contributed by atoms with van der Waals surface area (Å²) in [6, 6.07) is 6.26. The standard InChI is InChI=1S/C14H16FNO2S/c1-9(17)3-2-6-16-14(18)13-7-10-4-5-11(15)8-12(10)19-13/h4-5,7-9,17H,2-3,6H2,1H3,(H,16,18). The number of carbonyl (C=O) groups excluding carboxylic acids is 1. The zero-order chi connectivity index (χ0) is 13.8. The fourth-order valence-corrected chi connectivity index (χ4v) is 2.81. The number of rotatable bonds is 5. The smallest absolute Gasteiger partial charge is 0.261 e. The molecule has 0 spiro atoms. The van der Waals surface area contributed by atoms with Gasteiger partial charge in [0.25, 0.3) is 5.91 Å². The molecule has 2 N–H and O–H groups in total. The molecule has 19 heavy (non-hydrogen) atoms. The molecule has 0 fully saturated rings. The summed E-state index contributed by atoms with van der Waals surface area (Å²) in [6.45, 7) is 2.26. The maximum atomic E-state index is 13.1. The highest BCUT2D eigenvalue weighted by Crippen LogP contribution is 2.26. The highest BCUT2D eigenvalue weighted by atomic mass is 32.1. The fraction of sp³-hybridized carbons (Fsp3) is 0.357. The fourth-order valence-electron chi connectivity index (χ4n) is 1.80. The third kappa shape index (κ3) is 3.75. The van der Waals surface area contributed by atoms with Crippen LogP contribution in [0.5, 0.6) is 0 Å². The number of hydrogen-bond donors (Lipinski definition) is 2. The molecule has 0 bridgehead atoms. The van der Waals surface area contributed by atoms with Gasteiger partial charge in [0.15, 0.2) is 0 Å². The first-order valence-corrected chi connectivity index (χ1v) is 7.03. The van der Waals surface area contributed by atoms with E-state index in [0.717, 1.165) is 16.5 Å². The Kier molecular flexibility index (Phi) is 4.50. The van der Waals surface area contributed by atoms with Gasteiger partial charge in [-0.2, -0.15) is 0 Å². The molecule has 0 radical (unpaired) electrons. The number of fused-ring (bicyclic) bond motifs is 1. The molecule has 0 saturated heterocycles. The van der Waals surface area contributed by atoms with E-state index in [2.05, 4.69) is 5.32 Å². The summed E-state index contributed by atoms with van der Waals surface area (Å²) in [6.07, 6.45) is 1.06. The molecule has 0 aliphatic carbocycles. The van der Waals surface area contributed by atoms with Gasteiger partial charge in [-0.1, -0.05) is 6.07 Å². The van der Waals surface area contributed by atoms with E-state index < -0.39 is 0 Å². The molecule has 0 aliphatic rings. The van der Waals surface area contributed by atoms with Gasteiger partial charge < -0.3 is 10.4 Å². The van der Waals surface area contributed by atoms with Gasteiger partial charge in [0.1, 0.15) is 5.82 Å². The number of benzene rings is 1. The molecule has 102 valence electrons. The van der Waals surface area contributed by atoms with Crippen LogP contribution in [0.3, 0.4) is 0 Å². The van der Waals surface area contributed by atoms with Crippen molar-refractivity contribution < 1.29 is 14.3 Å². The van der Waals surface area contributed by atoms with E-state index in [0.29, 0.717) is 17.8 Å². The number of aliphatic hydroxyl groups is 1. The molecule has 1 aromatic carbocycles. The van der Waals surface area contributed by atoms with Gasteiger partial charge in [0, 0.05) is 11.2 Å². The molecule has 2 aromatic rings. The minimum absolute atomic E-state index is 0.146. The number of halogens is 1. The lowest BCUT2D eigenvalue weighted by atomic mass is 10.2. The van der Waals surface area contributed by atoms with Gasteiger partial charge in [0.2, 0.25) is 0 Å². The minimum atomic E-state index is -0.343. The number of carbonyl (C=O) groups is 1. The molecular formula is C14H16FNO2S. The van der Waals surface area contributed by atoms with Crippen LogP contribution in [0.2, 0.25) is 0 Å². The lowest BCUT2D eigenvalue weighted by Crippen LogP contribution is -2.24. The Morgan fingerprint density at radius 3 is 3.00 bits per heavy atom. The van der Waals surface area contributed by atoms with E-state index in [-0.39, 0.29) is 17.8 Å². The summed E-state index contributed by atoms with van der Waals surface area (Å²) in [5.41, 5.74) is 0. The first-order chi connectivity index (χ1) is 9.06. The average Bonchev–Trinajstić information content (AvgIpc) is 2.77. The van der Waals surface area contributed by atoms with E-state index >= 15 is 0 Å². The van der Waals surface area contributed by atoms with Crippen LogP contribution in [0, 0.1) is 5.82 Å². The number of thiophene rings is 1. The van der Waals surface area contributed by atoms with Crippen molar-refractivity contribution in [1.29, 1.82) is 0 Å². The highest BCUT2D eigenvalue weighted by Gasteiger charge is 2.10. The van der Waals surface area contributed by atoms with Crippen LogP contribution < -0.4 is 5.32 Å². The van der Waals surface area contributed by atoms with Crippen molar-refractivity contribution in [2.75, 3.05) is 6.54 Å². The molecule has 1 unspecified atom stereocenters. The van der Waals surface area contributed by atoms with E-state index in [4.69, 9.17) is 5.11 Å². The lowest BCUT2D eigenvalue weighted by molar-refractivity contribution is 0.0954. The molecule has 1 amide bonds. The summed E-state index contributed by atoms with van der Waals surface area (Å²) in [4.78, 5) is 12.5. The monoisotopic (exact) mass is 281 g/mol. The lowest BCUT2D eigenvalue weighted by Gasteiger charge is -2.04. The van der Waals surface area contributed by atoms with E-state index in [9.17, 15) is 9.18 Å². The Hall–Kier alpha value is -1.46. The predicted molar refractivity (Wildman–Crippen MR) is 75.0 cm³/mol. The average molecular weight is 281 g/mol. The summed E-state index contributed by atoms with van der Waals surface area (Å²) < 4.78 is 13.8. The normalized spacial score (nSPS) is 12.6. The van der Waals surface area contributed by atoms with Gasteiger partial charge in [-0.15, -0.1) is 11.3 Å². The van der Waals surface area contributed by atoms with Crippen molar-refractivity contribution in [3.63, 3.8) is 0 Å². The SMILES string of the molecule is CC(O)CCCNC(=O)c1cc2ccc(F)cc2s1. The molecule has 5 heteroatoms. The number of aliphatic hydroxyl groups excluding tert-OH is 1. The largest absolute Gasteiger partial charge is 0.393 e. The van der Waals surface area contributed by atoms with E-state index in [1.807, 2.05) is 0 Å². The highest BCUT2D eigenvalue weighted by molar-refractivity contribution is 7.20. The van der Waals surface area contributed by atoms with Crippen LogP contribution in [-0.4, -0.2) is 23.7 Å². The van der Waals surface area contributed by atoms with Crippen molar-refractivity contribution in [3.8, 4) is 0 Å². The molecule has 1 atom stereocenters. The van der Waals surface area contributed by atoms with Crippen LogP contribution in [0.25, 0.3) is 10.1 Å². The maximum Gasteiger partial charge on any atom is 0.261 e. The third-order valence-electron chi connectivity index (χ3n) is 2.79. The zero-order valence-corrected chi connectivity index (χ0v) is 11.5. The molecule has 2 rings (SSSR count). The third-order valence-corrected chi connectivity index (χ3v) is 3.89. The Morgan fingerprint density at radius 2 is 2.26 bits per heavy atom. The second-order valence-electron chi connectivity index (χ2n) is 4.54. The van der Waals surface area contributed by atoms with Crippen molar-refractivity contribution in [2.24, 2.45) is 0 Å². The van der Waals surface area contributed by atoms with Gasteiger partial charge in [-0.05, 0) is 43.4 Å². The topological polar surface area (TPSA) is 49.3 Å². The van der Waals surface area contributed by atoms with E-state index in [1.165, 1.54) is 23.5 Å². The van der Waals surface area contributed by atoms with Gasteiger partial charge in [0.05, 0.1) is 11.0 Å².